The van der Waals surface area contributed by atoms with Crippen LogP contribution in [-0.4, -0.2) is 78.6 Å². The van der Waals surface area contributed by atoms with E-state index in [1.165, 1.54) is 0 Å². The lowest BCUT2D eigenvalue weighted by Crippen LogP contribution is -2.36. The second-order valence-electron chi connectivity index (χ2n) is 18.2. The highest BCUT2D eigenvalue weighted by molar-refractivity contribution is 7.44. The van der Waals surface area contributed by atoms with E-state index < -0.39 is 38.7 Å². The number of hydrogen-bond acceptors (Lipinski definition) is 11. The van der Waals surface area contributed by atoms with E-state index in [2.05, 4.69) is 80.1 Å². The van der Waals surface area contributed by atoms with Gasteiger partial charge in [-0.2, -0.15) is 5.26 Å². The molecule has 7 aromatic rings. The summed E-state index contributed by atoms with van der Waals surface area (Å²) in [6, 6.07) is 50.6. The van der Waals surface area contributed by atoms with E-state index in [0.717, 1.165) is 56.0 Å². The van der Waals surface area contributed by atoms with Gasteiger partial charge >= 0.3 is 6.09 Å². The molecule has 14 heteroatoms. The van der Waals surface area contributed by atoms with Crippen molar-refractivity contribution in [2.75, 3.05) is 39.4 Å². The molecule has 2 aliphatic rings. The number of carbonyl (C=O) groups is 1. The van der Waals surface area contributed by atoms with Crippen molar-refractivity contribution in [3.05, 3.63) is 180 Å². The number of nitrogens with one attached hydrogen (secondary N) is 1. The number of para-hydroxylation sites is 1. The molecule has 1 aromatic heterocycles. The Hall–Kier alpha value is -6.62. The van der Waals surface area contributed by atoms with E-state index in [1.807, 2.05) is 114 Å². The van der Waals surface area contributed by atoms with Gasteiger partial charge in [-0.15, -0.1) is 0 Å². The third kappa shape index (κ3) is 10.3. The van der Waals surface area contributed by atoms with Crippen LogP contribution in [0.1, 0.15) is 80.5 Å². The maximum absolute atomic E-state index is 13.6. The van der Waals surface area contributed by atoms with Gasteiger partial charge in [-0.05, 0) is 103 Å². The zero-order chi connectivity index (χ0) is 49.5. The van der Waals surface area contributed by atoms with Crippen molar-refractivity contribution in [3.8, 4) is 28.7 Å². The molecule has 71 heavy (non-hydrogen) atoms. The summed E-state index contributed by atoms with van der Waals surface area (Å²) in [5.74, 6) is 1.36. The third-order valence-corrected chi connectivity index (χ3v) is 15.3. The number of benzene rings is 6. The first-order valence-electron chi connectivity index (χ1n) is 24.1. The lowest BCUT2D eigenvalue weighted by Gasteiger charge is -2.37. The Bertz CT molecular complexity index is 2840. The Morgan fingerprint density at radius 1 is 0.789 bits per heavy atom. The molecule has 0 radical (unpaired) electrons. The van der Waals surface area contributed by atoms with Crippen LogP contribution < -0.4 is 14.8 Å². The maximum atomic E-state index is 13.6. The molecule has 0 bridgehead atoms. The summed E-state index contributed by atoms with van der Waals surface area (Å²) in [5.41, 5.74) is 7.99. The zero-order valence-corrected chi connectivity index (χ0v) is 41.8. The number of carbonyl (C=O) groups excluding carboxylic acids is 1. The number of ether oxygens (including phenoxy) is 5. The number of imidazole rings is 1. The minimum absolute atomic E-state index is 0.0733. The molecular formula is C57H60N5O8P. The number of aromatic nitrogens is 2. The number of rotatable bonds is 20. The summed E-state index contributed by atoms with van der Waals surface area (Å²) in [6.45, 7) is 9.00. The van der Waals surface area contributed by atoms with E-state index in [-0.39, 0.29) is 44.2 Å². The molecule has 1 unspecified atom stereocenters. The SMILES string of the molecule is COc1ccc(C(OC[C@H]2C[C@H](OP(OCCC#N)N(C(C)C)C(C)C)[C@@H](n3cnc4c(NC(=O)OCC5c6ccccc6-c6ccccc65)cccc43)O2)(c2ccccc2)c2ccc(OC)cc2)cc1. The van der Waals surface area contributed by atoms with E-state index in [4.69, 9.17) is 37.7 Å². The molecule has 1 N–H and O–H groups in total. The van der Waals surface area contributed by atoms with Crippen LogP contribution in [0.15, 0.2) is 152 Å². The average Bonchev–Trinajstić information content (AvgIpc) is 4.10. The number of anilines is 1. The maximum Gasteiger partial charge on any atom is 0.411 e. The highest BCUT2D eigenvalue weighted by atomic mass is 31.2. The summed E-state index contributed by atoms with van der Waals surface area (Å²) in [7, 11) is 1.64. The van der Waals surface area contributed by atoms with Crippen LogP contribution in [0.2, 0.25) is 0 Å². The highest BCUT2D eigenvalue weighted by Gasteiger charge is 2.45. The van der Waals surface area contributed by atoms with Crippen molar-refractivity contribution >= 4 is 31.3 Å². The predicted octanol–water partition coefficient (Wildman–Crippen LogP) is 12.4. The van der Waals surface area contributed by atoms with Gasteiger partial charge in [0.2, 0.25) is 0 Å². The molecule has 13 nitrogen and oxygen atoms in total. The van der Waals surface area contributed by atoms with Gasteiger partial charge in [0.25, 0.3) is 8.53 Å². The lowest BCUT2D eigenvalue weighted by atomic mass is 9.80. The van der Waals surface area contributed by atoms with Crippen molar-refractivity contribution < 1.29 is 37.5 Å². The molecule has 1 aliphatic heterocycles. The number of nitrogens with zero attached hydrogens (tertiary/aromatic N) is 4. The fraction of sp³-hybridized carbons (Fsp3) is 0.316. The predicted molar refractivity (Wildman–Crippen MR) is 275 cm³/mol. The standard InChI is InChI=1S/C57H60N5O8P/c1-38(2)62(39(3)4)71(68-33-15-32-58)70-53-34-45(35-67-57(40-16-8-7-9-17-40,41-24-28-43(64-5)29-25-41)42-26-30-44(65-6)31-27-42)69-55(53)61-37-59-54-51(22-14-23-52(54)61)60-56(63)66-36-50-48-20-12-10-18-46(48)47-19-11-13-21-49(47)50/h7-14,16-31,37-39,45,50,53,55H,15,33-36H2,1-6H3,(H,60,63)/t45-,53+,55+,71?/m1/s1. The molecule has 2 heterocycles. The summed E-state index contributed by atoms with van der Waals surface area (Å²) < 4.78 is 49.4. The summed E-state index contributed by atoms with van der Waals surface area (Å²) in [5, 5.41) is 12.5. The Morgan fingerprint density at radius 3 is 1.97 bits per heavy atom. The van der Waals surface area contributed by atoms with Crippen LogP contribution in [0, 0.1) is 11.3 Å². The number of methoxy groups -OCH3 is 2. The zero-order valence-electron chi connectivity index (χ0n) is 40.9. The molecule has 1 saturated heterocycles. The van der Waals surface area contributed by atoms with Gasteiger partial charge in [-0.1, -0.05) is 109 Å². The van der Waals surface area contributed by atoms with Crippen LogP contribution in [0.4, 0.5) is 10.5 Å². The Morgan fingerprint density at radius 2 is 1.38 bits per heavy atom. The van der Waals surface area contributed by atoms with Gasteiger partial charge in [-0.25, -0.2) is 14.4 Å². The Labute approximate surface area is 417 Å². The minimum atomic E-state index is -1.67. The Balaban J connectivity index is 1.03. The van der Waals surface area contributed by atoms with Crippen molar-refractivity contribution in [2.24, 2.45) is 0 Å². The first kappa shape index (κ1) is 49.4. The normalized spacial score (nSPS) is 17.0. The summed E-state index contributed by atoms with van der Waals surface area (Å²) in [6.07, 6.45) is 0.0646. The van der Waals surface area contributed by atoms with Crippen LogP contribution in [0.5, 0.6) is 11.5 Å². The number of amides is 1. The van der Waals surface area contributed by atoms with E-state index in [1.54, 1.807) is 20.5 Å². The van der Waals surface area contributed by atoms with Crippen LogP contribution in [0.3, 0.4) is 0 Å². The van der Waals surface area contributed by atoms with Gasteiger partial charge in [-0.3, -0.25) is 5.32 Å². The molecule has 366 valence electrons. The molecule has 1 aliphatic carbocycles. The molecule has 0 spiro atoms. The van der Waals surface area contributed by atoms with Gasteiger partial charge in [0.15, 0.2) is 6.23 Å². The number of fused-ring (bicyclic) bond motifs is 4. The van der Waals surface area contributed by atoms with Gasteiger partial charge in [0, 0.05) is 24.4 Å². The molecule has 1 fully saturated rings. The number of hydrogen-bond donors (Lipinski definition) is 1. The van der Waals surface area contributed by atoms with Crippen molar-refractivity contribution in [1.82, 2.24) is 14.2 Å². The van der Waals surface area contributed by atoms with Crippen molar-refractivity contribution in [1.29, 1.82) is 5.26 Å². The molecular weight excluding hydrogens is 914 g/mol. The average molecular weight is 974 g/mol. The fourth-order valence-corrected chi connectivity index (χ4v) is 11.7. The largest absolute Gasteiger partial charge is 0.497 e. The van der Waals surface area contributed by atoms with Crippen LogP contribution in [-0.2, 0) is 28.9 Å². The molecule has 9 rings (SSSR count). The van der Waals surface area contributed by atoms with E-state index in [9.17, 15) is 10.1 Å². The second kappa shape index (κ2) is 22.2. The van der Waals surface area contributed by atoms with E-state index >= 15 is 0 Å². The molecule has 6 aromatic carbocycles. The smallest absolute Gasteiger partial charge is 0.411 e. The van der Waals surface area contributed by atoms with E-state index in [0.29, 0.717) is 17.6 Å². The van der Waals surface area contributed by atoms with Crippen molar-refractivity contribution in [2.45, 2.75) is 82.6 Å². The summed E-state index contributed by atoms with van der Waals surface area (Å²) in [4.78, 5) is 18.5. The van der Waals surface area contributed by atoms with Gasteiger partial charge < -0.3 is 37.3 Å². The minimum Gasteiger partial charge on any atom is -0.497 e. The first-order valence-corrected chi connectivity index (χ1v) is 25.2. The van der Waals surface area contributed by atoms with Crippen molar-refractivity contribution in [3.63, 3.8) is 0 Å². The van der Waals surface area contributed by atoms with Crippen LogP contribution in [0.25, 0.3) is 22.2 Å². The third-order valence-electron chi connectivity index (χ3n) is 13.2. The topological polar surface area (TPSA) is 139 Å². The molecule has 4 atom stereocenters. The summed E-state index contributed by atoms with van der Waals surface area (Å²) >= 11 is 0. The second-order valence-corrected chi connectivity index (χ2v) is 19.6. The van der Waals surface area contributed by atoms with Crippen LogP contribution >= 0.6 is 8.53 Å². The van der Waals surface area contributed by atoms with Gasteiger partial charge in [0.1, 0.15) is 35.3 Å². The lowest BCUT2D eigenvalue weighted by molar-refractivity contribution is -0.0838. The monoisotopic (exact) mass is 973 g/mol. The molecule has 1 amide bonds. The fourth-order valence-electron chi connectivity index (χ4n) is 9.97. The molecule has 0 saturated carbocycles. The first-order chi connectivity index (χ1) is 34.6. The quantitative estimate of drug-likeness (QED) is 0.0444. The number of nitriles is 1. The Kier molecular flexibility index (Phi) is 15.4. The van der Waals surface area contributed by atoms with Gasteiger partial charge in [0.05, 0.1) is 63.6 Å². The highest BCUT2D eigenvalue weighted by Crippen LogP contribution is 2.52.